The molecule has 2 heterocycles. The van der Waals surface area contributed by atoms with Crippen LogP contribution in [0.1, 0.15) is 21.1 Å². The van der Waals surface area contributed by atoms with Crippen molar-refractivity contribution in [2.75, 3.05) is 6.54 Å². The molecule has 0 aliphatic rings. The van der Waals surface area contributed by atoms with Crippen LogP contribution in [-0.4, -0.2) is 28.6 Å². The van der Waals surface area contributed by atoms with Crippen molar-refractivity contribution in [2.24, 2.45) is 0 Å². The Morgan fingerprint density at radius 1 is 1.12 bits per heavy atom. The summed E-state index contributed by atoms with van der Waals surface area (Å²) in [6, 6.07) is 9.44. The van der Waals surface area contributed by atoms with Gasteiger partial charge in [0.25, 0.3) is 0 Å². The Morgan fingerprint density at radius 3 is 2.65 bits per heavy atom. The third kappa shape index (κ3) is 4.87. The standard InChI is InChI=1S/C17H15N3O4S2/c21-16(22)13-10-26-15(20-13)12-9-25-14(19-12)6-7-18-17(23)24-8-11-4-2-1-3-5-11/h1-5,9-10H,6-8H2,(H,18,23)(H,21,22)/p-1. The van der Waals surface area contributed by atoms with Crippen LogP contribution < -0.4 is 10.4 Å². The number of nitrogens with zero attached hydrogens (tertiary/aromatic N) is 2. The molecule has 134 valence electrons. The summed E-state index contributed by atoms with van der Waals surface area (Å²) in [5.41, 5.74) is 1.45. The summed E-state index contributed by atoms with van der Waals surface area (Å²) in [6.45, 7) is 0.613. The molecular weight excluding hydrogens is 374 g/mol. The Kier molecular flexibility index (Phi) is 5.92. The predicted octanol–water partition coefficient (Wildman–Crippen LogP) is 2.10. The summed E-state index contributed by atoms with van der Waals surface area (Å²) < 4.78 is 5.13. The van der Waals surface area contributed by atoms with Crippen molar-refractivity contribution in [1.82, 2.24) is 15.3 Å². The summed E-state index contributed by atoms with van der Waals surface area (Å²) in [7, 11) is 0. The first-order chi connectivity index (χ1) is 12.6. The molecule has 0 aliphatic heterocycles. The van der Waals surface area contributed by atoms with E-state index in [4.69, 9.17) is 4.74 Å². The first-order valence-electron chi connectivity index (χ1n) is 7.68. The van der Waals surface area contributed by atoms with Gasteiger partial charge in [0.05, 0.1) is 16.7 Å². The maximum Gasteiger partial charge on any atom is 0.407 e. The molecular formula is C17H14N3O4S2-. The summed E-state index contributed by atoms with van der Waals surface area (Å²) in [5, 5.41) is 18.0. The number of carboxylic acid groups (broad SMARTS) is 1. The molecule has 0 radical (unpaired) electrons. The molecule has 0 spiro atoms. The maximum atomic E-state index is 11.7. The Labute approximate surface area is 157 Å². The number of hydrogen-bond acceptors (Lipinski definition) is 8. The number of carbonyl (C=O) groups excluding carboxylic acids is 2. The van der Waals surface area contributed by atoms with E-state index >= 15 is 0 Å². The van der Waals surface area contributed by atoms with Gasteiger partial charge in [-0.3, -0.25) is 0 Å². The number of amides is 1. The molecule has 0 bridgehead atoms. The van der Waals surface area contributed by atoms with Crippen molar-refractivity contribution < 1.29 is 19.4 Å². The summed E-state index contributed by atoms with van der Waals surface area (Å²) in [5.74, 6) is -1.30. The highest BCUT2D eigenvalue weighted by Crippen LogP contribution is 2.25. The molecule has 0 aliphatic carbocycles. The smallest absolute Gasteiger partial charge is 0.407 e. The number of alkyl carbamates (subject to hydrolysis) is 1. The van der Waals surface area contributed by atoms with E-state index in [1.807, 2.05) is 30.3 Å². The Balaban J connectivity index is 1.44. The van der Waals surface area contributed by atoms with E-state index in [1.54, 1.807) is 5.38 Å². The zero-order chi connectivity index (χ0) is 18.4. The topological polar surface area (TPSA) is 104 Å². The molecule has 0 atom stereocenters. The van der Waals surface area contributed by atoms with E-state index in [1.165, 1.54) is 28.1 Å². The molecule has 1 amide bonds. The zero-order valence-corrected chi connectivity index (χ0v) is 15.1. The number of rotatable bonds is 7. The highest BCUT2D eigenvalue weighted by Gasteiger charge is 2.10. The zero-order valence-electron chi connectivity index (χ0n) is 13.5. The van der Waals surface area contributed by atoms with Gasteiger partial charge in [-0.1, -0.05) is 30.3 Å². The number of benzene rings is 1. The second-order valence-corrected chi connectivity index (χ2v) is 6.99. The second-order valence-electron chi connectivity index (χ2n) is 5.19. The van der Waals surface area contributed by atoms with Gasteiger partial charge in [-0.05, 0) is 5.56 Å². The molecule has 3 rings (SSSR count). The second kappa shape index (κ2) is 8.54. The van der Waals surface area contributed by atoms with Crippen LogP contribution in [0.3, 0.4) is 0 Å². The average molecular weight is 388 g/mol. The van der Waals surface area contributed by atoms with Gasteiger partial charge in [-0.2, -0.15) is 0 Å². The predicted molar refractivity (Wildman–Crippen MR) is 95.9 cm³/mol. The minimum absolute atomic E-state index is 0.0950. The number of aromatic nitrogens is 2. The van der Waals surface area contributed by atoms with Gasteiger partial charge in [0.15, 0.2) is 0 Å². The lowest BCUT2D eigenvalue weighted by molar-refractivity contribution is -0.255. The Morgan fingerprint density at radius 2 is 1.92 bits per heavy atom. The molecule has 7 nitrogen and oxygen atoms in total. The van der Waals surface area contributed by atoms with E-state index in [0.29, 0.717) is 23.7 Å². The van der Waals surface area contributed by atoms with E-state index in [0.717, 1.165) is 10.6 Å². The van der Waals surface area contributed by atoms with Gasteiger partial charge in [-0.25, -0.2) is 14.8 Å². The normalized spacial score (nSPS) is 10.5. The van der Waals surface area contributed by atoms with Crippen LogP contribution in [0.5, 0.6) is 0 Å². The number of aromatic carboxylic acids is 1. The molecule has 26 heavy (non-hydrogen) atoms. The van der Waals surface area contributed by atoms with Crippen molar-refractivity contribution in [1.29, 1.82) is 0 Å². The number of carbonyl (C=O) groups is 2. The number of thiazole rings is 2. The molecule has 9 heteroatoms. The quantitative estimate of drug-likeness (QED) is 0.665. The fraction of sp³-hybridized carbons (Fsp3) is 0.176. The highest BCUT2D eigenvalue weighted by molar-refractivity contribution is 7.14. The third-order valence-corrected chi connectivity index (χ3v) is 5.08. The lowest BCUT2D eigenvalue weighted by Gasteiger charge is -2.06. The monoisotopic (exact) mass is 388 g/mol. The highest BCUT2D eigenvalue weighted by atomic mass is 32.1. The first-order valence-corrected chi connectivity index (χ1v) is 9.44. The van der Waals surface area contributed by atoms with Gasteiger partial charge in [0.1, 0.15) is 17.3 Å². The van der Waals surface area contributed by atoms with Crippen LogP contribution in [-0.2, 0) is 17.8 Å². The molecule has 0 saturated carbocycles. The largest absolute Gasteiger partial charge is 0.543 e. The lowest BCUT2D eigenvalue weighted by Crippen LogP contribution is -2.26. The molecule has 3 aromatic rings. The summed E-state index contributed by atoms with van der Waals surface area (Å²) >= 11 is 2.62. The van der Waals surface area contributed by atoms with E-state index in [9.17, 15) is 14.7 Å². The number of ether oxygens (including phenoxy) is 1. The van der Waals surface area contributed by atoms with Gasteiger partial charge in [-0.15, -0.1) is 22.7 Å². The average Bonchev–Trinajstić information content (AvgIpc) is 3.30. The van der Waals surface area contributed by atoms with Crippen LogP contribution >= 0.6 is 22.7 Å². The summed E-state index contributed by atoms with van der Waals surface area (Å²) in [4.78, 5) is 30.8. The summed E-state index contributed by atoms with van der Waals surface area (Å²) in [6.07, 6.45) is 0.0632. The SMILES string of the molecule is O=C(NCCc1nc(-c2nc(C(=O)[O-])cs2)cs1)OCc1ccccc1. The molecule has 1 aromatic carbocycles. The van der Waals surface area contributed by atoms with E-state index < -0.39 is 12.1 Å². The minimum Gasteiger partial charge on any atom is -0.543 e. The minimum atomic E-state index is -1.30. The van der Waals surface area contributed by atoms with Crippen LogP contribution in [0.25, 0.3) is 10.7 Å². The van der Waals surface area contributed by atoms with Crippen molar-refractivity contribution in [2.45, 2.75) is 13.0 Å². The molecule has 0 saturated heterocycles. The number of carboxylic acids is 1. The van der Waals surface area contributed by atoms with Gasteiger partial charge in [0.2, 0.25) is 0 Å². The molecule has 2 aromatic heterocycles. The van der Waals surface area contributed by atoms with Crippen molar-refractivity contribution in [3.8, 4) is 10.7 Å². The van der Waals surface area contributed by atoms with Crippen LogP contribution in [0, 0.1) is 0 Å². The van der Waals surface area contributed by atoms with Crippen molar-refractivity contribution >= 4 is 34.7 Å². The number of hydrogen-bond donors (Lipinski definition) is 1. The first kappa shape index (κ1) is 18.0. The van der Waals surface area contributed by atoms with Crippen LogP contribution in [0.15, 0.2) is 41.1 Å². The van der Waals surface area contributed by atoms with Crippen molar-refractivity contribution in [3.63, 3.8) is 0 Å². The Hall–Kier alpha value is -2.78. The Bertz CT molecular complexity index is 892. The van der Waals surface area contributed by atoms with Crippen molar-refractivity contribution in [3.05, 3.63) is 57.4 Å². The maximum absolute atomic E-state index is 11.7. The van der Waals surface area contributed by atoms with Crippen LogP contribution in [0.2, 0.25) is 0 Å². The van der Waals surface area contributed by atoms with Gasteiger partial charge < -0.3 is 20.0 Å². The van der Waals surface area contributed by atoms with E-state index in [2.05, 4.69) is 15.3 Å². The fourth-order valence-corrected chi connectivity index (χ4v) is 3.66. The molecule has 1 N–H and O–H groups in total. The van der Waals surface area contributed by atoms with Crippen LogP contribution in [0.4, 0.5) is 4.79 Å². The van der Waals surface area contributed by atoms with Gasteiger partial charge >= 0.3 is 6.09 Å². The lowest BCUT2D eigenvalue weighted by atomic mass is 10.2. The van der Waals surface area contributed by atoms with Gasteiger partial charge in [0, 0.05) is 23.7 Å². The third-order valence-electron chi connectivity index (χ3n) is 3.31. The number of nitrogens with one attached hydrogen (secondary N) is 1. The molecule has 0 fully saturated rings. The molecule has 0 unspecified atom stereocenters. The van der Waals surface area contributed by atoms with E-state index in [-0.39, 0.29) is 12.3 Å². The fourth-order valence-electron chi connectivity index (χ4n) is 2.05.